The van der Waals surface area contributed by atoms with E-state index >= 15 is 0 Å². The number of primary amides is 1. The molecule has 4 nitrogen and oxygen atoms in total. The maximum atomic E-state index is 9.93. The predicted molar refractivity (Wildman–Crippen MR) is 29.5 cm³/mol. The third-order valence-electron chi connectivity index (χ3n) is 0.605. The Bertz CT molecular complexity index is 74.4. The average Bonchev–Trinajstić information content (AvgIpc) is 1.66. The van der Waals surface area contributed by atoms with Crippen molar-refractivity contribution >= 4 is 6.03 Å². The molecule has 2 amide bonds. The Morgan fingerprint density at radius 3 is 2.88 bits per heavy atom. The largest absolute Gasteiger partial charge is 0.383 e. The standard InChI is InChI=1S/C4H10N2O2/c1-8-3-2-6-4(5)7/h2-3H2,1H3,(H3,5,6,7). The van der Waals surface area contributed by atoms with E-state index in [1.165, 1.54) is 0 Å². The van der Waals surface area contributed by atoms with Crippen LogP contribution in [0, 0.1) is 0 Å². The lowest BCUT2D eigenvalue weighted by atomic mass is 10.7. The highest BCUT2D eigenvalue weighted by Gasteiger charge is 1.86. The van der Waals surface area contributed by atoms with Gasteiger partial charge in [-0.15, -0.1) is 0 Å². The van der Waals surface area contributed by atoms with Gasteiger partial charge in [0.05, 0.1) is 6.61 Å². The number of urea groups is 1. The third kappa shape index (κ3) is 5.23. The van der Waals surface area contributed by atoms with Gasteiger partial charge in [-0.3, -0.25) is 0 Å². The molecule has 0 rings (SSSR count). The van der Waals surface area contributed by atoms with Crippen molar-refractivity contribution in [3.63, 3.8) is 0 Å². The highest BCUT2D eigenvalue weighted by Crippen LogP contribution is 1.61. The normalized spacial score (nSPS) is 8.62. The summed E-state index contributed by atoms with van der Waals surface area (Å²) in [4.78, 5) is 9.93. The molecule has 0 aromatic carbocycles. The molecule has 0 aromatic heterocycles. The molecule has 48 valence electrons. The number of carbonyl (C=O) groups excluding carboxylic acids is 1. The summed E-state index contributed by atoms with van der Waals surface area (Å²) in [5.41, 5.74) is 4.73. The summed E-state index contributed by atoms with van der Waals surface area (Å²) < 4.78 is 4.62. The Kier molecular flexibility index (Phi) is 3.97. The van der Waals surface area contributed by atoms with Crippen LogP contribution < -0.4 is 11.1 Å². The van der Waals surface area contributed by atoms with Crippen LogP contribution in [0.5, 0.6) is 0 Å². The highest BCUT2D eigenvalue weighted by atomic mass is 16.5. The van der Waals surface area contributed by atoms with Crippen molar-refractivity contribution in [2.45, 2.75) is 0 Å². The summed E-state index contributed by atoms with van der Waals surface area (Å²) in [6, 6.07) is -0.512. The van der Waals surface area contributed by atoms with Crippen molar-refractivity contribution in [3.8, 4) is 0 Å². The molecule has 0 radical (unpaired) electrons. The highest BCUT2D eigenvalue weighted by molar-refractivity contribution is 5.71. The first kappa shape index (κ1) is 7.23. The molecule has 0 aromatic rings. The summed E-state index contributed by atoms with van der Waals surface area (Å²) in [5.74, 6) is 0. The van der Waals surface area contributed by atoms with Gasteiger partial charge in [0.15, 0.2) is 0 Å². The molecule has 0 aliphatic carbocycles. The van der Waals surface area contributed by atoms with Crippen LogP contribution in [-0.2, 0) is 4.74 Å². The molecular formula is C4H10N2O2. The number of nitrogens with two attached hydrogens (primary N) is 1. The zero-order valence-electron chi connectivity index (χ0n) is 4.81. The minimum atomic E-state index is -0.512. The minimum Gasteiger partial charge on any atom is -0.383 e. The molecule has 0 aliphatic heterocycles. The average molecular weight is 118 g/mol. The summed E-state index contributed by atoms with van der Waals surface area (Å²) >= 11 is 0. The Morgan fingerprint density at radius 1 is 1.88 bits per heavy atom. The van der Waals surface area contributed by atoms with E-state index in [2.05, 4.69) is 10.1 Å². The van der Waals surface area contributed by atoms with Crippen molar-refractivity contribution in [2.75, 3.05) is 20.3 Å². The van der Waals surface area contributed by atoms with Crippen molar-refractivity contribution in [3.05, 3.63) is 0 Å². The van der Waals surface area contributed by atoms with E-state index < -0.39 is 6.03 Å². The number of methoxy groups -OCH3 is 1. The van der Waals surface area contributed by atoms with Crippen LogP contribution in [0.2, 0.25) is 0 Å². The number of hydrogen-bond donors (Lipinski definition) is 2. The molecule has 0 saturated heterocycles. The van der Waals surface area contributed by atoms with E-state index in [4.69, 9.17) is 5.73 Å². The van der Waals surface area contributed by atoms with Gasteiger partial charge in [-0.1, -0.05) is 0 Å². The quantitative estimate of drug-likeness (QED) is 0.481. The van der Waals surface area contributed by atoms with Crippen LogP contribution in [0.15, 0.2) is 0 Å². The van der Waals surface area contributed by atoms with E-state index in [1.54, 1.807) is 7.11 Å². The zero-order chi connectivity index (χ0) is 6.41. The molecule has 0 fully saturated rings. The van der Waals surface area contributed by atoms with Crippen LogP contribution >= 0.6 is 0 Å². The summed E-state index contributed by atoms with van der Waals surface area (Å²) in [6.45, 7) is 0.981. The first-order chi connectivity index (χ1) is 3.77. The molecule has 0 bridgehead atoms. The Labute approximate surface area is 48.0 Å². The fraction of sp³-hybridized carbons (Fsp3) is 0.750. The lowest BCUT2D eigenvalue weighted by Gasteiger charge is -1.97. The molecule has 3 N–H and O–H groups in total. The molecule has 0 spiro atoms. The van der Waals surface area contributed by atoms with Crippen molar-refractivity contribution < 1.29 is 9.53 Å². The number of hydrogen-bond acceptors (Lipinski definition) is 2. The van der Waals surface area contributed by atoms with Gasteiger partial charge in [0.1, 0.15) is 0 Å². The number of nitrogens with one attached hydrogen (secondary N) is 1. The summed E-state index contributed by atoms with van der Waals surface area (Å²) in [6.07, 6.45) is 0. The number of carbonyl (C=O) groups is 1. The molecule has 4 heteroatoms. The molecule has 0 unspecified atom stereocenters. The van der Waals surface area contributed by atoms with E-state index in [0.29, 0.717) is 13.2 Å². The van der Waals surface area contributed by atoms with Crippen LogP contribution in [0.3, 0.4) is 0 Å². The zero-order valence-corrected chi connectivity index (χ0v) is 4.81. The van der Waals surface area contributed by atoms with Gasteiger partial charge < -0.3 is 15.8 Å². The van der Waals surface area contributed by atoms with Gasteiger partial charge >= 0.3 is 6.03 Å². The molecule has 0 saturated carbocycles. The van der Waals surface area contributed by atoms with Crippen molar-refractivity contribution in [2.24, 2.45) is 5.73 Å². The lowest BCUT2D eigenvalue weighted by molar-refractivity contribution is 0.197. The second-order valence-electron chi connectivity index (χ2n) is 1.28. The molecular weight excluding hydrogens is 108 g/mol. The minimum absolute atomic E-state index is 0.478. The number of amides is 2. The fourth-order valence-electron chi connectivity index (χ4n) is 0.276. The smallest absolute Gasteiger partial charge is 0.312 e. The molecule has 0 atom stereocenters. The number of ether oxygens (including phenoxy) is 1. The van der Waals surface area contributed by atoms with E-state index in [1.807, 2.05) is 0 Å². The molecule has 0 aliphatic rings. The van der Waals surface area contributed by atoms with Gasteiger partial charge in [0.25, 0.3) is 0 Å². The fourth-order valence-corrected chi connectivity index (χ4v) is 0.276. The Morgan fingerprint density at radius 2 is 2.50 bits per heavy atom. The van der Waals surface area contributed by atoms with Crippen molar-refractivity contribution in [1.29, 1.82) is 0 Å². The van der Waals surface area contributed by atoms with Gasteiger partial charge in [-0.2, -0.15) is 0 Å². The second-order valence-corrected chi connectivity index (χ2v) is 1.28. The number of rotatable bonds is 3. The Balaban J connectivity index is 2.82. The topological polar surface area (TPSA) is 64.3 Å². The summed E-state index contributed by atoms with van der Waals surface area (Å²) in [7, 11) is 1.56. The first-order valence-electron chi connectivity index (χ1n) is 2.29. The van der Waals surface area contributed by atoms with Crippen LogP contribution in [0.1, 0.15) is 0 Å². The van der Waals surface area contributed by atoms with Gasteiger partial charge in [-0.05, 0) is 0 Å². The van der Waals surface area contributed by atoms with Gasteiger partial charge in [0.2, 0.25) is 0 Å². The third-order valence-corrected chi connectivity index (χ3v) is 0.605. The van der Waals surface area contributed by atoms with Crippen LogP contribution in [0.4, 0.5) is 4.79 Å². The monoisotopic (exact) mass is 118 g/mol. The predicted octanol–water partition coefficient (Wildman–Crippen LogP) is -0.699. The van der Waals surface area contributed by atoms with Crippen LogP contribution in [-0.4, -0.2) is 26.3 Å². The van der Waals surface area contributed by atoms with Crippen LogP contribution in [0.25, 0.3) is 0 Å². The Hall–Kier alpha value is -0.770. The van der Waals surface area contributed by atoms with Gasteiger partial charge in [-0.25, -0.2) is 4.79 Å². The van der Waals surface area contributed by atoms with Crippen molar-refractivity contribution in [1.82, 2.24) is 5.32 Å². The SMILES string of the molecule is COCCNC(N)=O. The molecule has 0 heterocycles. The first-order valence-corrected chi connectivity index (χ1v) is 2.29. The summed E-state index contributed by atoms with van der Waals surface area (Å²) in [5, 5.41) is 2.36. The lowest BCUT2D eigenvalue weighted by Crippen LogP contribution is -2.31. The van der Waals surface area contributed by atoms with E-state index in [9.17, 15) is 4.79 Å². The maximum absolute atomic E-state index is 9.93. The maximum Gasteiger partial charge on any atom is 0.312 e. The molecule has 8 heavy (non-hydrogen) atoms. The van der Waals surface area contributed by atoms with E-state index in [-0.39, 0.29) is 0 Å². The van der Waals surface area contributed by atoms with E-state index in [0.717, 1.165) is 0 Å². The second kappa shape index (κ2) is 4.39. The van der Waals surface area contributed by atoms with Gasteiger partial charge in [0, 0.05) is 13.7 Å².